The molecule has 1 atom stereocenters. The first-order chi connectivity index (χ1) is 11.1. The monoisotopic (exact) mass is 322 g/mol. The number of benzene rings is 1. The second-order valence-corrected chi connectivity index (χ2v) is 6.64. The number of nitrogens with zero attached hydrogens (tertiary/aromatic N) is 2. The van der Waals surface area contributed by atoms with Gasteiger partial charge < -0.3 is 9.80 Å². The van der Waals surface area contributed by atoms with Crippen molar-refractivity contribution in [1.29, 1.82) is 0 Å². The molecule has 23 heavy (non-hydrogen) atoms. The van der Waals surface area contributed by atoms with Gasteiger partial charge in [0.2, 0.25) is 5.91 Å². The van der Waals surface area contributed by atoms with Gasteiger partial charge in [-0.2, -0.15) is 0 Å². The molecule has 3 nitrogen and oxygen atoms in total. The first-order valence-corrected chi connectivity index (χ1v) is 8.59. The maximum Gasteiger partial charge on any atom is 0.222 e. The van der Waals surface area contributed by atoms with Crippen molar-refractivity contribution in [2.75, 3.05) is 26.2 Å². The molecular weight excluding hydrogens is 298 g/mol. The van der Waals surface area contributed by atoms with E-state index in [0.717, 1.165) is 57.4 Å². The summed E-state index contributed by atoms with van der Waals surface area (Å²) < 4.78 is 26.2. The first-order valence-electron chi connectivity index (χ1n) is 8.59. The number of halogens is 2. The number of carbonyl (C=O) groups is 1. The maximum absolute atomic E-state index is 13.3. The van der Waals surface area contributed by atoms with Crippen molar-refractivity contribution in [2.45, 2.75) is 44.6 Å². The summed E-state index contributed by atoms with van der Waals surface area (Å²) in [6.45, 7) is 3.63. The fourth-order valence-corrected chi connectivity index (χ4v) is 3.68. The molecule has 0 aromatic heterocycles. The lowest BCUT2D eigenvalue weighted by atomic mass is 10.00. The Morgan fingerprint density at radius 1 is 1.09 bits per heavy atom. The Labute approximate surface area is 136 Å². The third-order valence-corrected chi connectivity index (χ3v) is 4.98. The molecule has 2 aliphatic rings. The van der Waals surface area contributed by atoms with Gasteiger partial charge in [-0.3, -0.25) is 4.79 Å². The Bertz CT molecular complexity index is 564. The molecule has 0 N–H and O–H groups in total. The van der Waals surface area contributed by atoms with Crippen LogP contribution in [0, 0.1) is 11.6 Å². The Kier molecular flexibility index (Phi) is 5.26. The summed E-state index contributed by atoms with van der Waals surface area (Å²) in [5.74, 6) is -1.28. The maximum atomic E-state index is 13.3. The Balaban J connectivity index is 1.54. The third-order valence-electron chi connectivity index (χ3n) is 4.98. The van der Waals surface area contributed by atoms with Crippen LogP contribution in [0.25, 0.3) is 0 Å². The van der Waals surface area contributed by atoms with E-state index in [2.05, 4.69) is 9.80 Å². The van der Waals surface area contributed by atoms with Crippen LogP contribution >= 0.6 is 0 Å². The molecule has 0 aliphatic carbocycles. The lowest BCUT2D eigenvalue weighted by Crippen LogP contribution is -2.51. The summed E-state index contributed by atoms with van der Waals surface area (Å²) in [4.78, 5) is 16.5. The largest absolute Gasteiger partial charge is 0.338 e. The van der Waals surface area contributed by atoms with Crippen LogP contribution in [0.4, 0.5) is 8.78 Å². The number of hydrogen-bond donors (Lipinski definition) is 0. The molecule has 0 saturated carbocycles. The zero-order valence-corrected chi connectivity index (χ0v) is 13.4. The van der Waals surface area contributed by atoms with Gasteiger partial charge in [-0.05, 0) is 56.3 Å². The van der Waals surface area contributed by atoms with Crippen molar-refractivity contribution in [3.8, 4) is 0 Å². The van der Waals surface area contributed by atoms with E-state index < -0.39 is 11.6 Å². The molecule has 2 fully saturated rings. The summed E-state index contributed by atoms with van der Waals surface area (Å²) >= 11 is 0. The lowest BCUT2D eigenvalue weighted by molar-refractivity contribution is -0.137. The van der Waals surface area contributed by atoms with E-state index in [1.54, 1.807) is 6.07 Å². The van der Waals surface area contributed by atoms with Crippen LogP contribution in [0.1, 0.15) is 37.7 Å². The molecule has 1 aromatic rings. The number of carbonyl (C=O) groups excluding carboxylic acids is 1. The smallest absolute Gasteiger partial charge is 0.222 e. The van der Waals surface area contributed by atoms with Gasteiger partial charge >= 0.3 is 0 Å². The molecule has 1 unspecified atom stereocenters. The molecule has 126 valence electrons. The lowest BCUT2D eigenvalue weighted by Gasteiger charge is -2.41. The molecule has 0 bridgehead atoms. The average Bonchev–Trinajstić information content (AvgIpc) is 2.57. The molecule has 0 radical (unpaired) electrons. The van der Waals surface area contributed by atoms with Gasteiger partial charge in [0.1, 0.15) is 0 Å². The molecule has 2 saturated heterocycles. The summed E-state index contributed by atoms with van der Waals surface area (Å²) in [5, 5.41) is 0. The second-order valence-electron chi connectivity index (χ2n) is 6.64. The fourth-order valence-electron chi connectivity index (χ4n) is 3.68. The average molecular weight is 322 g/mol. The van der Waals surface area contributed by atoms with Crippen LogP contribution in [0.2, 0.25) is 0 Å². The number of amides is 1. The van der Waals surface area contributed by atoms with Gasteiger partial charge in [0.05, 0.1) is 0 Å². The molecular formula is C18H24F2N2O. The van der Waals surface area contributed by atoms with Crippen LogP contribution in [0.3, 0.4) is 0 Å². The summed E-state index contributed by atoms with van der Waals surface area (Å²) in [5.41, 5.74) is 0.820. The predicted octanol–water partition coefficient (Wildman–Crippen LogP) is 2.98. The highest BCUT2D eigenvalue weighted by Crippen LogP contribution is 2.21. The molecule has 1 amide bonds. The van der Waals surface area contributed by atoms with Crippen molar-refractivity contribution in [3.05, 3.63) is 35.4 Å². The highest BCUT2D eigenvalue weighted by molar-refractivity contribution is 5.77. The van der Waals surface area contributed by atoms with Gasteiger partial charge in [-0.1, -0.05) is 6.07 Å². The second kappa shape index (κ2) is 7.39. The zero-order chi connectivity index (χ0) is 16.2. The molecule has 2 heterocycles. The number of rotatable bonds is 4. The van der Waals surface area contributed by atoms with Gasteiger partial charge in [-0.25, -0.2) is 8.78 Å². The van der Waals surface area contributed by atoms with Crippen molar-refractivity contribution >= 4 is 5.91 Å². The Morgan fingerprint density at radius 2 is 1.96 bits per heavy atom. The van der Waals surface area contributed by atoms with Crippen molar-refractivity contribution in [2.24, 2.45) is 0 Å². The van der Waals surface area contributed by atoms with E-state index in [9.17, 15) is 13.6 Å². The molecule has 0 spiro atoms. The minimum absolute atomic E-state index is 0.295. The zero-order valence-electron chi connectivity index (χ0n) is 13.4. The molecule has 2 aliphatic heterocycles. The highest BCUT2D eigenvalue weighted by Gasteiger charge is 2.29. The van der Waals surface area contributed by atoms with Crippen molar-refractivity contribution in [3.63, 3.8) is 0 Å². The van der Waals surface area contributed by atoms with Gasteiger partial charge in [0.15, 0.2) is 11.6 Å². The van der Waals surface area contributed by atoms with Gasteiger partial charge in [0.25, 0.3) is 0 Å². The van der Waals surface area contributed by atoms with E-state index in [0.29, 0.717) is 24.8 Å². The van der Waals surface area contributed by atoms with Crippen LogP contribution in [0.15, 0.2) is 18.2 Å². The van der Waals surface area contributed by atoms with E-state index in [4.69, 9.17) is 0 Å². The summed E-state index contributed by atoms with van der Waals surface area (Å²) in [6, 6.07) is 4.44. The van der Waals surface area contributed by atoms with Crippen LogP contribution in [-0.4, -0.2) is 47.9 Å². The Morgan fingerprint density at radius 3 is 2.74 bits per heavy atom. The van der Waals surface area contributed by atoms with Crippen molar-refractivity contribution in [1.82, 2.24) is 9.80 Å². The summed E-state index contributed by atoms with van der Waals surface area (Å²) in [6.07, 6.45) is 5.68. The fraction of sp³-hybridized carbons (Fsp3) is 0.611. The molecule has 5 heteroatoms. The minimum Gasteiger partial charge on any atom is -0.338 e. The number of piperidine rings is 2. The summed E-state index contributed by atoms with van der Waals surface area (Å²) in [7, 11) is 0. The van der Waals surface area contributed by atoms with E-state index in [1.807, 2.05) is 0 Å². The Hall–Kier alpha value is -1.49. The van der Waals surface area contributed by atoms with E-state index in [1.165, 1.54) is 12.1 Å². The predicted molar refractivity (Wildman–Crippen MR) is 85.1 cm³/mol. The quantitative estimate of drug-likeness (QED) is 0.851. The highest BCUT2D eigenvalue weighted by atomic mass is 19.2. The topological polar surface area (TPSA) is 23.6 Å². The van der Waals surface area contributed by atoms with E-state index >= 15 is 0 Å². The SMILES string of the molecule is O=C1CCCCN1C1CCCN(CCc2ccc(F)c(F)c2)C1. The van der Waals surface area contributed by atoms with Crippen LogP contribution in [-0.2, 0) is 11.2 Å². The van der Waals surface area contributed by atoms with Gasteiger partial charge in [0, 0.05) is 32.1 Å². The van der Waals surface area contributed by atoms with Gasteiger partial charge in [-0.15, -0.1) is 0 Å². The number of hydrogen-bond acceptors (Lipinski definition) is 2. The van der Waals surface area contributed by atoms with Crippen LogP contribution < -0.4 is 0 Å². The van der Waals surface area contributed by atoms with Crippen molar-refractivity contribution < 1.29 is 13.6 Å². The molecule has 1 aromatic carbocycles. The molecule has 3 rings (SSSR count). The first kappa shape index (κ1) is 16.4. The van der Waals surface area contributed by atoms with Crippen LogP contribution in [0.5, 0.6) is 0 Å². The minimum atomic E-state index is -0.796. The third kappa shape index (κ3) is 4.08. The number of likely N-dealkylation sites (tertiary alicyclic amines) is 2. The van der Waals surface area contributed by atoms with E-state index in [-0.39, 0.29) is 0 Å². The normalized spacial score (nSPS) is 23.3. The standard InChI is InChI=1S/C18H24F2N2O/c19-16-7-6-14(12-17(16)20)8-11-21-9-3-4-15(13-21)22-10-2-1-5-18(22)23/h6-7,12,15H,1-5,8-11,13H2.